The molecule has 17 N–H and O–H groups in total. The third-order valence-electron chi connectivity index (χ3n) is 12.3. The van der Waals surface area contributed by atoms with Crippen molar-refractivity contribution in [1.82, 2.24) is 47.1 Å². The Kier molecular flexibility index (Phi) is 24.2. The lowest BCUT2D eigenvalue weighted by molar-refractivity contribution is -0.145. The summed E-state index contributed by atoms with van der Waals surface area (Å²) in [7, 11) is 0. The Balaban J connectivity index is 1.90. The van der Waals surface area contributed by atoms with Gasteiger partial charge in [-0.2, -0.15) is 0 Å². The second-order valence-electron chi connectivity index (χ2n) is 19.8. The topological polar surface area (TPSA) is 447 Å². The van der Waals surface area contributed by atoms with Crippen molar-refractivity contribution in [2.24, 2.45) is 29.0 Å². The van der Waals surface area contributed by atoms with E-state index in [1.807, 2.05) is 0 Å². The third kappa shape index (κ3) is 19.5. The number of aromatic amines is 1. The maximum Gasteiger partial charge on any atom is 0.328 e. The number of aliphatic carboxylic acids is 2. The van der Waals surface area contributed by atoms with Gasteiger partial charge in [-0.15, -0.1) is 0 Å². The number of nitrogens with one attached hydrogen (secondary N) is 8. The highest BCUT2D eigenvalue weighted by molar-refractivity contribution is 5.99. The maximum absolute atomic E-state index is 14.5. The number of amides is 10. The molecule has 1 aliphatic heterocycles. The summed E-state index contributed by atoms with van der Waals surface area (Å²) in [5.74, 6) is -12.7. The van der Waals surface area contributed by atoms with Crippen molar-refractivity contribution in [2.45, 2.75) is 166 Å². The zero-order chi connectivity index (χ0) is 57.1. The second-order valence-corrected chi connectivity index (χ2v) is 19.8. The molecule has 1 aromatic heterocycles. The number of aliphatic hydroxyl groups excluding tert-OH is 1. The Morgan fingerprint density at radius 1 is 0.645 bits per heavy atom. The van der Waals surface area contributed by atoms with Gasteiger partial charge in [-0.05, 0) is 75.8 Å². The number of para-hydroxylation sites is 1. The minimum atomic E-state index is -1.75. The SMILES string of the molecule is CC(C)C[C@H](NC(=O)[C@H](CC(N)=O)NC(=O)[C@H](CCC(N)=O)NC(=O)[C@H](C)N)C(=O)N[C@@H](CCC(=O)O)C(=O)N[C@@H](CC(C)C)C(=O)N1CCC[C@H]1C(=O)N[C@@H](Cc1c[nH]c2ccccc12)C(=O)N[C@H](C(=O)O)[C@@H](C)O. The number of rotatable bonds is 31. The summed E-state index contributed by atoms with van der Waals surface area (Å²) in [6, 6.07) is -5.98. The van der Waals surface area contributed by atoms with Crippen LogP contribution >= 0.6 is 0 Å². The van der Waals surface area contributed by atoms with Crippen LogP contribution in [0.25, 0.3) is 10.9 Å². The number of hydrogen-bond donors (Lipinski definition) is 14. The summed E-state index contributed by atoms with van der Waals surface area (Å²) in [4.78, 5) is 162. The number of aromatic nitrogens is 1. The van der Waals surface area contributed by atoms with Crippen molar-refractivity contribution in [2.75, 3.05) is 6.54 Å². The van der Waals surface area contributed by atoms with E-state index in [0.717, 1.165) is 5.52 Å². The lowest BCUT2D eigenvalue weighted by Gasteiger charge is -2.32. The second kappa shape index (κ2) is 29.4. The number of benzene rings is 1. The van der Waals surface area contributed by atoms with Crippen LogP contribution in [0.5, 0.6) is 0 Å². The summed E-state index contributed by atoms with van der Waals surface area (Å²) in [5, 5.41) is 47.3. The van der Waals surface area contributed by atoms with Crippen LogP contribution in [-0.4, -0.2) is 163 Å². The van der Waals surface area contributed by atoms with Gasteiger partial charge in [0.15, 0.2) is 6.04 Å². The number of fused-ring (bicyclic) bond motifs is 1. The molecule has 420 valence electrons. The first-order chi connectivity index (χ1) is 35.6. The zero-order valence-electron chi connectivity index (χ0n) is 43.5. The van der Waals surface area contributed by atoms with E-state index in [1.54, 1.807) is 58.2 Å². The first kappa shape index (κ1) is 62.6. The van der Waals surface area contributed by atoms with Crippen molar-refractivity contribution in [3.05, 3.63) is 36.0 Å². The van der Waals surface area contributed by atoms with Crippen molar-refractivity contribution in [3.8, 4) is 0 Å². The van der Waals surface area contributed by atoms with E-state index < -0.39 is 151 Å². The first-order valence-corrected chi connectivity index (χ1v) is 25.0. The minimum Gasteiger partial charge on any atom is -0.481 e. The first-order valence-electron chi connectivity index (χ1n) is 25.0. The predicted octanol–water partition coefficient (Wildman–Crippen LogP) is -2.99. The average molecular weight is 1070 g/mol. The predicted molar refractivity (Wildman–Crippen MR) is 271 cm³/mol. The largest absolute Gasteiger partial charge is 0.481 e. The van der Waals surface area contributed by atoms with E-state index in [0.29, 0.717) is 17.4 Å². The number of aliphatic hydroxyl groups is 1. The third-order valence-corrected chi connectivity index (χ3v) is 12.3. The van der Waals surface area contributed by atoms with Gasteiger partial charge in [0.1, 0.15) is 42.3 Å². The molecule has 0 unspecified atom stereocenters. The lowest BCUT2D eigenvalue weighted by Crippen LogP contribution is -2.61. The quantitative estimate of drug-likeness (QED) is 0.0358. The number of likely N-dealkylation sites (tertiary alicyclic amines) is 1. The van der Waals surface area contributed by atoms with Crippen LogP contribution in [0.1, 0.15) is 105 Å². The molecule has 0 aliphatic carbocycles. The molecule has 1 aliphatic rings. The van der Waals surface area contributed by atoms with Crippen molar-refractivity contribution in [3.63, 3.8) is 0 Å². The Morgan fingerprint density at radius 2 is 1.16 bits per heavy atom. The number of carboxylic acids is 2. The van der Waals surface area contributed by atoms with Crippen LogP contribution in [0.4, 0.5) is 0 Å². The number of carboxylic acid groups (broad SMARTS) is 2. The smallest absolute Gasteiger partial charge is 0.328 e. The van der Waals surface area contributed by atoms with Gasteiger partial charge in [-0.3, -0.25) is 52.7 Å². The van der Waals surface area contributed by atoms with Crippen LogP contribution in [0.2, 0.25) is 0 Å². The molecular formula is C49H74N12O15. The van der Waals surface area contributed by atoms with E-state index in [1.165, 1.54) is 18.7 Å². The fraction of sp³-hybridized carbons (Fsp3) is 0.592. The van der Waals surface area contributed by atoms with Crippen molar-refractivity contribution >= 4 is 81.9 Å². The molecule has 0 bridgehead atoms. The number of primary amides is 2. The monoisotopic (exact) mass is 1070 g/mol. The fourth-order valence-electron chi connectivity index (χ4n) is 8.43. The van der Waals surface area contributed by atoms with Gasteiger partial charge >= 0.3 is 11.9 Å². The van der Waals surface area contributed by atoms with Crippen molar-refractivity contribution in [1.29, 1.82) is 0 Å². The van der Waals surface area contributed by atoms with Crippen LogP contribution in [0, 0.1) is 11.8 Å². The molecule has 0 saturated carbocycles. The van der Waals surface area contributed by atoms with Crippen LogP contribution < -0.4 is 54.4 Å². The lowest BCUT2D eigenvalue weighted by atomic mass is 9.99. The number of carbonyl (C=O) groups is 12. The maximum atomic E-state index is 14.5. The van der Waals surface area contributed by atoms with E-state index >= 15 is 0 Å². The van der Waals surface area contributed by atoms with Gasteiger partial charge < -0.3 is 79.6 Å². The molecule has 1 fully saturated rings. The Morgan fingerprint density at radius 3 is 1.71 bits per heavy atom. The van der Waals surface area contributed by atoms with Crippen LogP contribution in [-0.2, 0) is 64.0 Å². The van der Waals surface area contributed by atoms with Gasteiger partial charge in [0.25, 0.3) is 0 Å². The number of nitrogens with two attached hydrogens (primary N) is 3. The summed E-state index contributed by atoms with van der Waals surface area (Å²) >= 11 is 0. The molecular weight excluding hydrogens is 997 g/mol. The van der Waals surface area contributed by atoms with E-state index in [9.17, 15) is 72.9 Å². The number of hydrogen-bond acceptors (Lipinski definition) is 14. The Labute approximate surface area is 438 Å². The van der Waals surface area contributed by atoms with Crippen LogP contribution in [0.15, 0.2) is 30.5 Å². The van der Waals surface area contributed by atoms with Crippen molar-refractivity contribution < 1.29 is 72.9 Å². The summed E-state index contributed by atoms with van der Waals surface area (Å²) in [6.07, 6.45) is -2.35. The molecule has 1 saturated heterocycles. The number of nitrogens with zero attached hydrogens (tertiary/aromatic N) is 1. The minimum absolute atomic E-state index is 0.00611. The van der Waals surface area contributed by atoms with Gasteiger partial charge in [0, 0.05) is 42.9 Å². The van der Waals surface area contributed by atoms with Gasteiger partial charge in [0.05, 0.1) is 18.6 Å². The summed E-state index contributed by atoms with van der Waals surface area (Å²) in [5.41, 5.74) is 17.6. The molecule has 10 amide bonds. The molecule has 0 spiro atoms. The molecule has 2 aromatic rings. The number of carbonyl (C=O) groups excluding carboxylic acids is 10. The van der Waals surface area contributed by atoms with Gasteiger partial charge in [0.2, 0.25) is 59.1 Å². The molecule has 76 heavy (non-hydrogen) atoms. The molecule has 10 atom stereocenters. The summed E-state index contributed by atoms with van der Waals surface area (Å²) < 4.78 is 0. The molecule has 27 nitrogen and oxygen atoms in total. The highest BCUT2D eigenvalue weighted by atomic mass is 16.4. The fourth-order valence-corrected chi connectivity index (χ4v) is 8.43. The van der Waals surface area contributed by atoms with Gasteiger partial charge in [-0.25, -0.2) is 4.79 Å². The Hall–Kier alpha value is -7.68. The molecule has 0 radical (unpaired) electrons. The van der Waals surface area contributed by atoms with Gasteiger partial charge in [-0.1, -0.05) is 45.9 Å². The molecule has 27 heteroatoms. The number of H-pyrrole nitrogens is 1. The van der Waals surface area contributed by atoms with E-state index in [-0.39, 0.29) is 56.9 Å². The highest BCUT2D eigenvalue weighted by Gasteiger charge is 2.41. The van der Waals surface area contributed by atoms with E-state index in [2.05, 4.69) is 42.2 Å². The molecule has 3 rings (SSSR count). The Bertz CT molecular complexity index is 2440. The average Bonchev–Trinajstić information content (AvgIpc) is 3.99. The molecule has 2 heterocycles. The standard InChI is InChI=1S/C49H74N12O15/c1-23(2)18-32(56-45(71)34(21-38(52)64)57-42(68)30(13-15-37(51)63)54-41(67)25(5)50)44(70)55-31(14-16-39(65)66)43(69)59-35(19-24(3)4)48(74)61-17-9-12-36(61)47(73)58-33(46(72)60-40(26(6)62)49(75)76)20-27-22-53-29-11-8-7-10-28(27)29/h7-8,10-11,22-26,30-36,40,53,62H,9,12-21,50H2,1-6H3,(H2,51,63)(H2,52,64)(H,54,67)(H,55,70)(H,56,71)(H,57,68)(H,58,73)(H,59,69)(H,60,72)(H,65,66)(H,75,76)/t25-,26+,30-,31-,32-,33-,34-,35-,36-,40-/m0/s1. The molecule has 1 aromatic carbocycles. The highest BCUT2D eigenvalue weighted by Crippen LogP contribution is 2.23. The van der Waals surface area contributed by atoms with E-state index in [4.69, 9.17) is 17.2 Å². The zero-order valence-corrected chi connectivity index (χ0v) is 43.5. The summed E-state index contributed by atoms with van der Waals surface area (Å²) in [6.45, 7) is 9.41. The normalized spacial score (nSPS) is 16.9. The van der Waals surface area contributed by atoms with Crippen LogP contribution in [0.3, 0.4) is 0 Å².